The molecule has 2 aromatic rings. The first-order valence-electron chi connectivity index (χ1n) is 9.57. The Morgan fingerprint density at radius 2 is 2.11 bits per heavy atom. The molecule has 0 bridgehead atoms. The molecule has 1 aliphatic heterocycles. The molecular formula is C22H24N2O4. The summed E-state index contributed by atoms with van der Waals surface area (Å²) >= 11 is 0. The van der Waals surface area contributed by atoms with Crippen LogP contribution >= 0.6 is 0 Å². The lowest BCUT2D eigenvalue weighted by molar-refractivity contribution is -0.133. The fraction of sp³-hybridized carbons (Fsp3) is 0.364. The monoisotopic (exact) mass is 380 g/mol. The number of aryl methyl sites for hydroxylation is 1. The maximum Gasteiger partial charge on any atom is 0.260 e. The van der Waals surface area contributed by atoms with Crippen molar-refractivity contribution < 1.29 is 19.1 Å². The standard InChI is InChI=1S/C22H24N2O4/c1-27-11-10-24-13-17-12-16(7-9-20(17)28-14-21(24)25)22(26)23-19-8-6-15-4-2-3-5-18(15)19/h2-5,7,9,12,19H,6,8,10-11,13-14H2,1H3,(H,23,26). The molecule has 2 aliphatic rings. The van der Waals surface area contributed by atoms with Crippen LogP contribution in [0.3, 0.4) is 0 Å². The van der Waals surface area contributed by atoms with Crippen LogP contribution in [0.2, 0.25) is 0 Å². The van der Waals surface area contributed by atoms with E-state index < -0.39 is 0 Å². The zero-order chi connectivity index (χ0) is 19.5. The Labute approximate surface area is 164 Å². The summed E-state index contributed by atoms with van der Waals surface area (Å²) in [5.74, 6) is 0.460. The van der Waals surface area contributed by atoms with Crippen LogP contribution < -0.4 is 10.1 Å². The van der Waals surface area contributed by atoms with Crippen molar-refractivity contribution in [2.75, 3.05) is 26.9 Å². The van der Waals surface area contributed by atoms with Crippen molar-refractivity contribution >= 4 is 11.8 Å². The second kappa shape index (κ2) is 8.02. The van der Waals surface area contributed by atoms with Gasteiger partial charge in [-0.1, -0.05) is 24.3 Å². The van der Waals surface area contributed by atoms with Crippen LogP contribution in [0.15, 0.2) is 42.5 Å². The number of methoxy groups -OCH3 is 1. The van der Waals surface area contributed by atoms with Gasteiger partial charge >= 0.3 is 0 Å². The van der Waals surface area contributed by atoms with Gasteiger partial charge in [0.05, 0.1) is 12.6 Å². The van der Waals surface area contributed by atoms with Gasteiger partial charge in [0.1, 0.15) is 5.75 Å². The molecule has 1 unspecified atom stereocenters. The van der Waals surface area contributed by atoms with Crippen LogP contribution in [0, 0.1) is 0 Å². The molecule has 1 atom stereocenters. The van der Waals surface area contributed by atoms with E-state index in [0.717, 1.165) is 18.4 Å². The molecule has 0 saturated heterocycles. The Kier molecular flexibility index (Phi) is 5.30. The van der Waals surface area contributed by atoms with E-state index in [2.05, 4.69) is 17.4 Å². The topological polar surface area (TPSA) is 67.9 Å². The Bertz CT molecular complexity index is 896. The van der Waals surface area contributed by atoms with Gasteiger partial charge in [0.25, 0.3) is 11.8 Å². The quantitative estimate of drug-likeness (QED) is 0.865. The average molecular weight is 380 g/mol. The summed E-state index contributed by atoms with van der Waals surface area (Å²) in [6.07, 6.45) is 1.90. The number of nitrogens with one attached hydrogen (secondary N) is 1. The van der Waals surface area contributed by atoms with Gasteiger partial charge in [-0.2, -0.15) is 0 Å². The number of carbonyl (C=O) groups excluding carboxylic acids is 2. The van der Waals surface area contributed by atoms with E-state index in [1.54, 1.807) is 24.1 Å². The minimum Gasteiger partial charge on any atom is -0.483 e. The molecule has 0 saturated carbocycles. The fourth-order valence-corrected chi connectivity index (χ4v) is 3.86. The van der Waals surface area contributed by atoms with E-state index in [-0.39, 0.29) is 24.5 Å². The summed E-state index contributed by atoms with van der Waals surface area (Å²) in [4.78, 5) is 26.8. The summed E-state index contributed by atoms with van der Waals surface area (Å²) in [5, 5.41) is 3.15. The molecule has 0 aromatic heterocycles. The molecule has 6 nitrogen and oxygen atoms in total. The predicted molar refractivity (Wildman–Crippen MR) is 104 cm³/mol. The summed E-state index contributed by atoms with van der Waals surface area (Å²) in [5.41, 5.74) is 3.91. The molecule has 4 rings (SSSR count). The van der Waals surface area contributed by atoms with Gasteiger partial charge < -0.3 is 19.7 Å². The third-order valence-corrected chi connectivity index (χ3v) is 5.39. The first kappa shape index (κ1) is 18.5. The van der Waals surface area contributed by atoms with Gasteiger partial charge in [-0.3, -0.25) is 9.59 Å². The Morgan fingerprint density at radius 3 is 2.96 bits per heavy atom. The Hall–Kier alpha value is -2.86. The van der Waals surface area contributed by atoms with Crippen molar-refractivity contribution in [3.63, 3.8) is 0 Å². The number of nitrogens with zero attached hydrogens (tertiary/aromatic N) is 1. The lowest BCUT2D eigenvalue weighted by Gasteiger charge is -2.19. The van der Waals surface area contributed by atoms with Gasteiger partial charge in [-0.05, 0) is 42.2 Å². The van der Waals surface area contributed by atoms with E-state index in [1.807, 2.05) is 18.2 Å². The van der Waals surface area contributed by atoms with Crippen molar-refractivity contribution in [1.29, 1.82) is 0 Å². The van der Waals surface area contributed by atoms with E-state index >= 15 is 0 Å². The zero-order valence-corrected chi connectivity index (χ0v) is 15.9. The Morgan fingerprint density at radius 1 is 1.25 bits per heavy atom. The third kappa shape index (κ3) is 3.73. The van der Waals surface area contributed by atoms with E-state index in [9.17, 15) is 9.59 Å². The highest BCUT2D eigenvalue weighted by molar-refractivity contribution is 5.95. The summed E-state index contributed by atoms with van der Waals surface area (Å²) in [6.45, 7) is 1.36. The Balaban J connectivity index is 1.51. The van der Waals surface area contributed by atoms with Crippen molar-refractivity contribution in [3.8, 4) is 5.75 Å². The average Bonchev–Trinajstić information content (AvgIpc) is 3.04. The smallest absolute Gasteiger partial charge is 0.260 e. The van der Waals surface area contributed by atoms with E-state index in [1.165, 1.54) is 11.1 Å². The van der Waals surface area contributed by atoms with Crippen LogP contribution in [0.5, 0.6) is 5.75 Å². The largest absolute Gasteiger partial charge is 0.483 e. The lowest BCUT2D eigenvalue weighted by atomic mass is 10.1. The van der Waals surface area contributed by atoms with Gasteiger partial charge in [0, 0.05) is 31.3 Å². The highest BCUT2D eigenvalue weighted by Gasteiger charge is 2.25. The molecule has 0 fully saturated rings. The van der Waals surface area contributed by atoms with Crippen LogP contribution in [-0.2, 0) is 22.5 Å². The van der Waals surface area contributed by atoms with Crippen molar-refractivity contribution in [1.82, 2.24) is 10.2 Å². The SMILES string of the molecule is COCCN1Cc2cc(C(=O)NC3CCc4ccccc43)ccc2OCC1=O. The summed E-state index contributed by atoms with van der Waals surface area (Å²) < 4.78 is 10.7. The highest BCUT2D eigenvalue weighted by atomic mass is 16.5. The van der Waals surface area contributed by atoms with Gasteiger partial charge in [-0.15, -0.1) is 0 Å². The van der Waals surface area contributed by atoms with E-state index in [4.69, 9.17) is 9.47 Å². The lowest BCUT2D eigenvalue weighted by Crippen LogP contribution is -2.35. The molecule has 0 spiro atoms. The summed E-state index contributed by atoms with van der Waals surface area (Å²) in [7, 11) is 1.61. The van der Waals surface area contributed by atoms with E-state index in [0.29, 0.717) is 31.0 Å². The first-order valence-corrected chi connectivity index (χ1v) is 9.57. The predicted octanol–water partition coefficient (Wildman–Crippen LogP) is 2.47. The van der Waals surface area contributed by atoms with Gasteiger partial charge in [-0.25, -0.2) is 0 Å². The molecule has 6 heteroatoms. The maximum atomic E-state index is 12.8. The number of hydrogen-bond donors (Lipinski definition) is 1. The molecule has 1 N–H and O–H groups in total. The zero-order valence-electron chi connectivity index (χ0n) is 15.9. The van der Waals surface area contributed by atoms with Crippen LogP contribution in [-0.4, -0.2) is 43.6 Å². The molecule has 0 radical (unpaired) electrons. The number of amides is 2. The number of fused-ring (bicyclic) bond motifs is 2. The second-order valence-electron chi connectivity index (χ2n) is 7.18. The van der Waals surface area contributed by atoms with Gasteiger partial charge in [0.15, 0.2) is 6.61 Å². The highest BCUT2D eigenvalue weighted by Crippen LogP contribution is 2.31. The van der Waals surface area contributed by atoms with Crippen LogP contribution in [0.25, 0.3) is 0 Å². The van der Waals surface area contributed by atoms with Crippen molar-refractivity contribution in [3.05, 3.63) is 64.7 Å². The number of rotatable bonds is 5. The third-order valence-electron chi connectivity index (χ3n) is 5.39. The summed E-state index contributed by atoms with van der Waals surface area (Å²) in [6, 6.07) is 13.6. The maximum absolute atomic E-state index is 12.8. The van der Waals surface area contributed by atoms with Gasteiger partial charge in [0.2, 0.25) is 0 Å². The van der Waals surface area contributed by atoms with Crippen molar-refractivity contribution in [2.24, 2.45) is 0 Å². The number of benzene rings is 2. The minimum atomic E-state index is -0.108. The second-order valence-corrected chi connectivity index (χ2v) is 7.18. The first-order chi connectivity index (χ1) is 13.7. The molecule has 28 heavy (non-hydrogen) atoms. The molecule has 2 amide bonds. The molecule has 1 aliphatic carbocycles. The van der Waals surface area contributed by atoms with Crippen LogP contribution in [0.1, 0.15) is 39.5 Å². The van der Waals surface area contributed by atoms with Crippen molar-refractivity contribution in [2.45, 2.75) is 25.4 Å². The molecule has 1 heterocycles. The minimum absolute atomic E-state index is 0.00111. The molecule has 2 aromatic carbocycles. The molecule has 146 valence electrons. The van der Waals surface area contributed by atoms with Crippen LogP contribution in [0.4, 0.5) is 0 Å². The normalized spacial score (nSPS) is 18.1. The number of hydrogen-bond acceptors (Lipinski definition) is 4. The number of ether oxygens (including phenoxy) is 2. The molecular weight excluding hydrogens is 356 g/mol. The number of carbonyl (C=O) groups is 2. The fourth-order valence-electron chi connectivity index (χ4n) is 3.86.